The Bertz CT molecular complexity index is 2160. The highest BCUT2D eigenvalue weighted by Gasteiger charge is 2.36. The summed E-state index contributed by atoms with van der Waals surface area (Å²) in [5, 5.41) is 46.4. The van der Waals surface area contributed by atoms with Crippen molar-refractivity contribution in [2.45, 2.75) is 80.2 Å². The van der Waals surface area contributed by atoms with Crippen molar-refractivity contribution in [2.75, 3.05) is 5.32 Å². The van der Waals surface area contributed by atoms with Crippen LogP contribution in [-0.4, -0.2) is 92.5 Å². The van der Waals surface area contributed by atoms with Crippen LogP contribution in [0.25, 0.3) is 11.1 Å². The molecule has 4 aromatic rings. The topological polar surface area (TPSA) is 223 Å². The molecule has 0 aliphatic carbocycles. The Kier molecular flexibility index (Phi) is 14.9. The number of rotatable bonds is 9. The average molecular weight is 834 g/mol. The number of anilines is 1. The first-order valence-corrected chi connectivity index (χ1v) is 20.6. The summed E-state index contributed by atoms with van der Waals surface area (Å²) >= 11 is 1.44. The molecular weight excluding hydrogens is 787 g/mol. The maximum absolute atomic E-state index is 14.4. The first-order valence-electron chi connectivity index (χ1n) is 19.6. The molecule has 0 saturated carbocycles. The van der Waals surface area contributed by atoms with Gasteiger partial charge in [-0.2, -0.15) is 0 Å². The Morgan fingerprint density at radius 3 is 1.85 bits per heavy atom. The molecule has 8 N–H and O–H groups in total. The molecule has 0 aromatic heterocycles. The molecule has 0 spiro atoms. The molecule has 312 valence electrons. The van der Waals surface area contributed by atoms with E-state index in [4.69, 9.17) is 0 Å². The van der Waals surface area contributed by atoms with Gasteiger partial charge in [-0.05, 0) is 71.0 Å². The quantitative estimate of drug-likeness (QED) is 0.115. The van der Waals surface area contributed by atoms with Gasteiger partial charge in [0, 0.05) is 23.8 Å². The Morgan fingerprint density at radius 2 is 1.20 bits per heavy atom. The summed E-state index contributed by atoms with van der Waals surface area (Å²) in [4.78, 5) is 81.5. The first-order chi connectivity index (χ1) is 28.9. The van der Waals surface area contributed by atoms with Gasteiger partial charge in [0.25, 0.3) is 11.8 Å². The monoisotopic (exact) mass is 833 g/mol. The van der Waals surface area contributed by atoms with E-state index in [9.17, 15) is 44.1 Å². The number of benzene rings is 4. The predicted molar refractivity (Wildman–Crippen MR) is 226 cm³/mol. The molecule has 2 bridgehead atoms. The van der Waals surface area contributed by atoms with Gasteiger partial charge in [-0.15, -0.1) is 11.8 Å². The van der Waals surface area contributed by atoms with Crippen molar-refractivity contribution >= 4 is 53.0 Å². The zero-order valence-electron chi connectivity index (χ0n) is 32.5. The van der Waals surface area contributed by atoms with E-state index in [1.54, 1.807) is 0 Å². The van der Waals surface area contributed by atoms with Crippen molar-refractivity contribution in [1.29, 1.82) is 0 Å². The lowest BCUT2D eigenvalue weighted by atomic mass is 9.98. The zero-order chi connectivity index (χ0) is 42.6. The van der Waals surface area contributed by atoms with Gasteiger partial charge in [-0.1, -0.05) is 103 Å². The number of aliphatic carboxylic acids is 1. The normalized spacial score (nSPS) is 24.3. The maximum atomic E-state index is 14.4. The SMILES string of the molecule is O=C1N[C@H](CCc2ccccc2)C(=O)N[C@@H](C(=O)O)Cc2ccc(cc2)NC(=O)[C@H](O)[C@@H](O)C(=O)N[C@H](CC2CC=CS2)C(=O)N[C@H]1Cc1ccc(-c2ccccc2)cc1. The number of amides is 5. The summed E-state index contributed by atoms with van der Waals surface area (Å²) in [5.41, 5.74) is 4.06. The number of aliphatic hydroxyl groups excluding tert-OH is 2. The molecule has 4 aromatic carbocycles. The van der Waals surface area contributed by atoms with Gasteiger partial charge in [-0.3, -0.25) is 24.0 Å². The molecule has 0 saturated heterocycles. The third kappa shape index (κ3) is 11.9. The molecule has 15 heteroatoms. The van der Waals surface area contributed by atoms with E-state index in [1.807, 2.05) is 96.4 Å². The summed E-state index contributed by atoms with van der Waals surface area (Å²) in [6.45, 7) is 0. The number of aryl methyl sites for hydroxylation is 1. The molecule has 1 unspecified atom stereocenters. The van der Waals surface area contributed by atoms with Gasteiger partial charge in [-0.25, -0.2) is 4.79 Å². The second-order valence-electron chi connectivity index (χ2n) is 14.8. The number of carbonyl (C=O) groups excluding carboxylic acids is 5. The molecule has 0 fully saturated rings. The first kappa shape index (κ1) is 43.3. The summed E-state index contributed by atoms with van der Waals surface area (Å²) in [5.74, 6) is -5.91. The van der Waals surface area contributed by atoms with Crippen molar-refractivity contribution in [3.8, 4) is 11.1 Å². The van der Waals surface area contributed by atoms with Crippen molar-refractivity contribution < 1.29 is 44.1 Å². The second kappa shape index (κ2) is 20.6. The number of hydrogen-bond donors (Lipinski definition) is 8. The van der Waals surface area contributed by atoms with E-state index in [1.165, 1.54) is 36.0 Å². The van der Waals surface area contributed by atoms with Crippen LogP contribution < -0.4 is 26.6 Å². The lowest BCUT2D eigenvalue weighted by Crippen LogP contribution is -2.59. The smallest absolute Gasteiger partial charge is 0.326 e. The van der Waals surface area contributed by atoms with Gasteiger partial charge in [0.1, 0.15) is 24.2 Å². The fourth-order valence-corrected chi connectivity index (χ4v) is 7.92. The molecular formula is C45H47N5O9S. The third-order valence-corrected chi connectivity index (χ3v) is 11.5. The van der Waals surface area contributed by atoms with Crippen molar-refractivity contribution in [3.05, 3.63) is 137 Å². The largest absolute Gasteiger partial charge is 0.480 e. The van der Waals surface area contributed by atoms with Crippen LogP contribution in [0.5, 0.6) is 0 Å². The number of carboxylic acids is 1. The van der Waals surface area contributed by atoms with Gasteiger partial charge in [0.15, 0.2) is 12.2 Å². The number of carbonyl (C=O) groups is 6. The molecule has 60 heavy (non-hydrogen) atoms. The molecule has 7 atom stereocenters. The van der Waals surface area contributed by atoms with Crippen LogP contribution >= 0.6 is 11.8 Å². The molecule has 5 amide bonds. The van der Waals surface area contributed by atoms with Crippen LogP contribution in [-0.2, 0) is 48.0 Å². The van der Waals surface area contributed by atoms with Crippen LogP contribution in [0, 0.1) is 0 Å². The maximum Gasteiger partial charge on any atom is 0.326 e. The summed E-state index contributed by atoms with van der Waals surface area (Å²) in [6, 6.07) is 26.9. The van der Waals surface area contributed by atoms with E-state index in [0.717, 1.165) is 16.7 Å². The number of thioether (sulfide) groups is 1. The van der Waals surface area contributed by atoms with Gasteiger partial charge >= 0.3 is 5.97 Å². The molecule has 3 aliphatic rings. The van der Waals surface area contributed by atoms with Crippen molar-refractivity contribution in [3.63, 3.8) is 0 Å². The fourth-order valence-electron chi connectivity index (χ4n) is 6.95. The Hall–Kier alpha value is -6.29. The lowest BCUT2D eigenvalue weighted by molar-refractivity contribution is -0.145. The highest BCUT2D eigenvalue weighted by molar-refractivity contribution is 8.03. The predicted octanol–water partition coefficient (Wildman–Crippen LogP) is 2.88. The van der Waals surface area contributed by atoms with Crippen LogP contribution in [0.2, 0.25) is 0 Å². The summed E-state index contributed by atoms with van der Waals surface area (Å²) < 4.78 is 0. The minimum atomic E-state index is -2.27. The van der Waals surface area contributed by atoms with Crippen LogP contribution in [0.3, 0.4) is 0 Å². The van der Waals surface area contributed by atoms with Crippen LogP contribution in [0.4, 0.5) is 5.69 Å². The zero-order valence-corrected chi connectivity index (χ0v) is 33.3. The number of allylic oxidation sites excluding steroid dienone is 1. The lowest BCUT2D eigenvalue weighted by Gasteiger charge is -2.27. The van der Waals surface area contributed by atoms with E-state index < -0.39 is 71.9 Å². The van der Waals surface area contributed by atoms with E-state index in [2.05, 4.69) is 26.6 Å². The van der Waals surface area contributed by atoms with Gasteiger partial charge in [0.05, 0.1) is 0 Å². The highest BCUT2D eigenvalue weighted by Crippen LogP contribution is 2.28. The van der Waals surface area contributed by atoms with Gasteiger partial charge < -0.3 is 41.9 Å². The highest BCUT2D eigenvalue weighted by atomic mass is 32.2. The van der Waals surface area contributed by atoms with Crippen LogP contribution in [0.15, 0.2) is 121 Å². The van der Waals surface area contributed by atoms with E-state index >= 15 is 0 Å². The van der Waals surface area contributed by atoms with E-state index in [0.29, 0.717) is 24.0 Å². The molecule has 14 nitrogen and oxygen atoms in total. The summed E-state index contributed by atoms with van der Waals surface area (Å²) in [6.07, 6.45) is -1.75. The van der Waals surface area contributed by atoms with Crippen LogP contribution in [0.1, 0.15) is 36.0 Å². The van der Waals surface area contributed by atoms with Crippen molar-refractivity contribution in [2.24, 2.45) is 0 Å². The Morgan fingerprint density at radius 1 is 0.617 bits per heavy atom. The van der Waals surface area contributed by atoms with Crippen molar-refractivity contribution in [1.82, 2.24) is 21.3 Å². The minimum absolute atomic E-state index is 0.0465. The Labute approximate surface area is 351 Å². The molecule has 3 aliphatic heterocycles. The number of carboxylic acid groups (broad SMARTS) is 1. The molecule has 0 radical (unpaired) electrons. The number of fused-ring (bicyclic) bond motifs is 18. The van der Waals surface area contributed by atoms with Gasteiger partial charge in [0.2, 0.25) is 17.7 Å². The van der Waals surface area contributed by atoms with E-state index in [-0.39, 0.29) is 36.6 Å². The minimum Gasteiger partial charge on any atom is -0.480 e. The average Bonchev–Trinajstić information content (AvgIpc) is 3.78. The third-order valence-electron chi connectivity index (χ3n) is 10.3. The second-order valence-corrected chi connectivity index (χ2v) is 16.0. The summed E-state index contributed by atoms with van der Waals surface area (Å²) in [7, 11) is 0. The number of aliphatic hydroxyl groups is 2. The molecule has 7 rings (SSSR count). The standard InChI is InChI=1S/C45H47N5O9S/c51-38-39(52)44(57)49-36(26-33-12-7-23-60-33)42(55)48-35(24-28-13-18-31(19-14-28)30-10-5-2-6-11-30)41(54)47-34(22-17-27-8-3-1-4-9-27)40(53)50-37(45(58)59)25-29-15-20-32(21-16-29)46-43(38)56/h1-11,13-16,18-21,23,33-39,51-52H,12,17,22,24-26H2,(H,46,56)(H,47,54)(H,48,55)(H,49,57)(H,50,53)(H,58,59)/t33?,34-,35+,36-,37-,38-,39-/m1/s1. The number of nitrogens with one attached hydrogen (secondary N) is 5. The molecule has 3 heterocycles. The Balaban J connectivity index is 1.35. The fraction of sp³-hybridized carbons (Fsp3) is 0.289. The number of hydrogen-bond acceptors (Lipinski definition) is 9.